The Morgan fingerprint density at radius 1 is 1.47 bits per heavy atom. The van der Waals surface area contributed by atoms with Gasteiger partial charge >= 0.3 is 5.97 Å². The number of nitrogens with one attached hydrogen (secondary N) is 1. The molecule has 1 heterocycles. The SMILES string of the molecule is CC1Cc2ccccc2NC1C(=O)O.Cl. The van der Waals surface area contributed by atoms with Gasteiger partial charge in [0.05, 0.1) is 0 Å². The summed E-state index contributed by atoms with van der Waals surface area (Å²) in [4.78, 5) is 10.9. The molecule has 1 aromatic carbocycles. The first kappa shape index (κ1) is 11.9. The molecule has 0 bridgehead atoms. The summed E-state index contributed by atoms with van der Waals surface area (Å²) in [5.74, 6) is -0.630. The molecule has 2 N–H and O–H groups in total. The number of carbonyl (C=O) groups is 1. The smallest absolute Gasteiger partial charge is 0.326 e. The highest BCUT2D eigenvalue weighted by Crippen LogP contribution is 2.27. The standard InChI is InChI=1S/C11H13NO2.ClH/c1-7-6-8-4-2-3-5-9(8)12-10(7)11(13)14;/h2-5,7,10,12H,6H2,1H3,(H,13,14);1H. The number of rotatable bonds is 1. The Labute approximate surface area is 94.9 Å². The van der Waals surface area contributed by atoms with Crippen molar-refractivity contribution in [2.75, 3.05) is 5.32 Å². The topological polar surface area (TPSA) is 49.3 Å². The third kappa shape index (κ3) is 2.23. The molecule has 4 heteroatoms. The lowest BCUT2D eigenvalue weighted by Gasteiger charge is -2.29. The lowest BCUT2D eigenvalue weighted by Crippen LogP contribution is -2.39. The van der Waals surface area contributed by atoms with Crippen molar-refractivity contribution in [3.05, 3.63) is 29.8 Å². The number of hydrogen-bond acceptors (Lipinski definition) is 2. The number of fused-ring (bicyclic) bond motifs is 1. The lowest BCUT2D eigenvalue weighted by molar-refractivity contribution is -0.139. The van der Waals surface area contributed by atoms with Gasteiger partial charge in [-0.1, -0.05) is 25.1 Å². The fraction of sp³-hybridized carbons (Fsp3) is 0.364. The first-order chi connectivity index (χ1) is 6.68. The Bertz CT molecular complexity index is 367. The fourth-order valence-electron chi connectivity index (χ4n) is 1.92. The van der Waals surface area contributed by atoms with Gasteiger partial charge in [-0.3, -0.25) is 0 Å². The van der Waals surface area contributed by atoms with Gasteiger partial charge in [0.15, 0.2) is 0 Å². The number of carboxylic acid groups (broad SMARTS) is 1. The maximum absolute atomic E-state index is 10.9. The molecule has 0 aliphatic carbocycles. The molecule has 15 heavy (non-hydrogen) atoms. The van der Waals surface area contributed by atoms with E-state index in [9.17, 15) is 4.79 Å². The van der Waals surface area contributed by atoms with E-state index < -0.39 is 12.0 Å². The van der Waals surface area contributed by atoms with E-state index in [1.807, 2.05) is 31.2 Å². The van der Waals surface area contributed by atoms with Crippen molar-refractivity contribution in [2.24, 2.45) is 5.92 Å². The summed E-state index contributed by atoms with van der Waals surface area (Å²) in [5, 5.41) is 12.0. The van der Waals surface area contributed by atoms with E-state index in [2.05, 4.69) is 5.32 Å². The Balaban J connectivity index is 0.00000112. The van der Waals surface area contributed by atoms with E-state index in [4.69, 9.17) is 5.11 Å². The monoisotopic (exact) mass is 227 g/mol. The van der Waals surface area contributed by atoms with E-state index in [0.29, 0.717) is 0 Å². The number of benzene rings is 1. The van der Waals surface area contributed by atoms with Crippen LogP contribution in [0.15, 0.2) is 24.3 Å². The minimum absolute atomic E-state index is 0. The highest BCUT2D eigenvalue weighted by molar-refractivity contribution is 5.85. The average molecular weight is 228 g/mol. The number of hydrogen-bond donors (Lipinski definition) is 2. The molecule has 3 nitrogen and oxygen atoms in total. The number of carboxylic acids is 1. The predicted octanol–water partition coefficient (Wildman–Crippen LogP) is 2.17. The molecular formula is C11H14ClNO2. The van der Waals surface area contributed by atoms with Crippen molar-refractivity contribution in [1.82, 2.24) is 0 Å². The van der Waals surface area contributed by atoms with Crippen LogP contribution in [0.2, 0.25) is 0 Å². The third-order valence-electron chi connectivity index (χ3n) is 2.71. The quantitative estimate of drug-likeness (QED) is 0.773. The van der Waals surface area contributed by atoms with Gasteiger partial charge in [0.1, 0.15) is 6.04 Å². The number of halogens is 1. The zero-order valence-electron chi connectivity index (χ0n) is 8.43. The molecule has 1 aliphatic rings. The molecule has 1 aliphatic heterocycles. The van der Waals surface area contributed by atoms with Crippen LogP contribution in [0, 0.1) is 5.92 Å². The van der Waals surface area contributed by atoms with E-state index >= 15 is 0 Å². The molecule has 0 aromatic heterocycles. The number of para-hydroxylation sites is 1. The highest BCUT2D eigenvalue weighted by Gasteiger charge is 2.29. The van der Waals surface area contributed by atoms with E-state index in [0.717, 1.165) is 12.1 Å². The molecule has 82 valence electrons. The van der Waals surface area contributed by atoms with Gasteiger partial charge in [-0.25, -0.2) is 4.79 Å². The van der Waals surface area contributed by atoms with Crippen LogP contribution < -0.4 is 5.32 Å². The summed E-state index contributed by atoms with van der Waals surface area (Å²) in [6.07, 6.45) is 0.833. The molecular weight excluding hydrogens is 214 g/mol. The third-order valence-corrected chi connectivity index (χ3v) is 2.71. The van der Waals surface area contributed by atoms with Crippen molar-refractivity contribution in [2.45, 2.75) is 19.4 Å². The molecule has 0 radical (unpaired) electrons. The van der Waals surface area contributed by atoms with E-state index in [-0.39, 0.29) is 18.3 Å². The fourth-order valence-corrected chi connectivity index (χ4v) is 1.92. The predicted molar refractivity (Wildman–Crippen MR) is 61.6 cm³/mol. The molecule has 2 unspecified atom stereocenters. The molecule has 0 spiro atoms. The van der Waals surface area contributed by atoms with Crippen LogP contribution in [-0.4, -0.2) is 17.1 Å². The van der Waals surface area contributed by atoms with Crippen molar-refractivity contribution < 1.29 is 9.90 Å². The van der Waals surface area contributed by atoms with Crippen molar-refractivity contribution >= 4 is 24.1 Å². The first-order valence-corrected chi connectivity index (χ1v) is 4.75. The van der Waals surface area contributed by atoms with E-state index in [1.165, 1.54) is 5.56 Å². The van der Waals surface area contributed by atoms with E-state index in [1.54, 1.807) is 0 Å². The van der Waals surface area contributed by atoms with Crippen LogP contribution in [0.4, 0.5) is 5.69 Å². The number of anilines is 1. The summed E-state index contributed by atoms with van der Waals surface area (Å²) in [6.45, 7) is 1.96. The maximum atomic E-state index is 10.9. The van der Waals surface area contributed by atoms with Crippen molar-refractivity contribution in [3.63, 3.8) is 0 Å². The van der Waals surface area contributed by atoms with Crippen LogP contribution >= 0.6 is 12.4 Å². The molecule has 0 amide bonds. The highest BCUT2D eigenvalue weighted by atomic mass is 35.5. The molecule has 2 rings (SSSR count). The van der Waals surface area contributed by atoms with Gasteiger partial charge < -0.3 is 10.4 Å². The second kappa shape index (κ2) is 4.53. The molecule has 0 saturated heterocycles. The molecule has 0 saturated carbocycles. The summed E-state index contributed by atoms with van der Waals surface area (Å²) >= 11 is 0. The van der Waals surface area contributed by atoms with Crippen LogP contribution in [-0.2, 0) is 11.2 Å². The average Bonchev–Trinajstić information content (AvgIpc) is 2.16. The lowest BCUT2D eigenvalue weighted by atomic mass is 9.89. The van der Waals surface area contributed by atoms with Gasteiger partial charge in [0.2, 0.25) is 0 Å². The first-order valence-electron chi connectivity index (χ1n) is 4.75. The molecule has 2 atom stereocenters. The Morgan fingerprint density at radius 2 is 2.13 bits per heavy atom. The van der Waals surface area contributed by atoms with Crippen LogP contribution in [0.25, 0.3) is 0 Å². The zero-order chi connectivity index (χ0) is 10.1. The van der Waals surface area contributed by atoms with Gasteiger partial charge in [-0.2, -0.15) is 0 Å². The van der Waals surface area contributed by atoms with Crippen molar-refractivity contribution in [1.29, 1.82) is 0 Å². The normalized spacial score (nSPS) is 23.3. The minimum Gasteiger partial charge on any atom is -0.480 e. The van der Waals surface area contributed by atoms with Crippen LogP contribution in [0.5, 0.6) is 0 Å². The Kier molecular flexibility index (Phi) is 3.58. The summed E-state index contributed by atoms with van der Waals surface area (Å²) in [7, 11) is 0. The minimum atomic E-state index is -0.771. The maximum Gasteiger partial charge on any atom is 0.326 e. The van der Waals surface area contributed by atoms with Crippen molar-refractivity contribution in [3.8, 4) is 0 Å². The second-order valence-corrected chi connectivity index (χ2v) is 3.80. The van der Waals surface area contributed by atoms with Gasteiger partial charge in [0.25, 0.3) is 0 Å². The largest absolute Gasteiger partial charge is 0.480 e. The summed E-state index contributed by atoms with van der Waals surface area (Å²) < 4.78 is 0. The van der Waals surface area contributed by atoms with Crippen LogP contribution in [0.3, 0.4) is 0 Å². The molecule has 1 aromatic rings. The van der Waals surface area contributed by atoms with Crippen LogP contribution in [0.1, 0.15) is 12.5 Å². The molecule has 0 fully saturated rings. The van der Waals surface area contributed by atoms with Gasteiger partial charge in [-0.15, -0.1) is 12.4 Å². The second-order valence-electron chi connectivity index (χ2n) is 3.80. The Morgan fingerprint density at radius 3 is 2.80 bits per heavy atom. The zero-order valence-corrected chi connectivity index (χ0v) is 9.25. The van der Waals surface area contributed by atoms with Gasteiger partial charge in [0, 0.05) is 5.69 Å². The number of aliphatic carboxylic acids is 1. The van der Waals surface area contributed by atoms with Gasteiger partial charge in [-0.05, 0) is 24.0 Å². The summed E-state index contributed by atoms with van der Waals surface area (Å²) in [6, 6.07) is 7.41. The Hall–Kier alpha value is -1.22. The summed E-state index contributed by atoms with van der Waals surface area (Å²) in [5.41, 5.74) is 2.16.